The van der Waals surface area contributed by atoms with E-state index in [2.05, 4.69) is 30.0 Å². The van der Waals surface area contributed by atoms with E-state index in [9.17, 15) is 4.79 Å². The Morgan fingerprint density at radius 2 is 1.65 bits per heavy atom. The van der Waals surface area contributed by atoms with Crippen LogP contribution in [0.2, 0.25) is 0 Å². The van der Waals surface area contributed by atoms with Gasteiger partial charge >= 0.3 is 0 Å². The first kappa shape index (κ1) is 17.8. The lowest BCUT2D eigenvalue weighted by Crippen LogP contribution is -2.34. The van der Waals surface area contributed by atoms with E-state index < -0.39 is 0 Å². The minimum absolute atomic E-state index is 0.160. The lowest BCUT2D eigenvalue weighted by molar-refractivity contribution is 0.221. The third-order valence-electron chi connectivity index (χ3n) is 6.51. The van der Waals surface area contributed by atoms with Gasteiger partial charge in [0, 0.05) is 24.5 Å². The van der Waals surface area contributed by atoms with E-state index in [0.717, 1.165) is 24.2 Å². The van der Waals surface area contributed by atoms with Crippen LogP contribution in [0.4, 0.5) is 0 Å². The second-order valence-electron chi connectivity index (χ2n) is 8.33. The van der Waals surface area contributed by atoms with Crippen molar-refractivity contribution in [3.63, 3.8) is 0 Å². The van der Waals surface area contributed by atoms with Crippen molar-refractivity contribution in [2.45, 2.75) is 70.8 Å². The summed E-state index contributed by atoms with van der Waals surface area (Å²) in [5, 5.41) is 1.24. The Labute approximate surface area is 157 Å². The van der Waals surface area contributed by atoms with E-state index in [1.165, 1.54) is 75.4 Å². The Morgan fingerprint density at radius 3 is 2.42 bits per heavy atom. The van der Waals surface area contributed by atoms with Crippen molar-refractivity contribution in [3.8, 4) is 0 Å². The summed E-state index contributed by atoms with van der Waals surface area (Å²) in [4.78, 5) is 15.3. The molecule has 1 aromatic carbocycles. The molecule has 0 atom stereocenters. The molecule has 0 radical (unpaired) electrons. The van der Waals surface area contributed by atoms with Crippen molar-refractivity contribution in [2.24, 2.45) is 0 Å². The highest BCUT2D eigenvalue weighted by Gasteiger charge is 2.17. The molecule has 1 aromatic heterocycles. The molecule has 2 aliphatic rings. The molecule has 1 aliphatic carbocycles. The van der Waals surface area contributed by atoms with Gasteiger partial charge in [0.25, 0.3) is 5.56 Å². The fourth-order valence-electron chi connectivity index (χ4n) is 4.91. The number of aryl methyl sites for hydroxylation is 1. The summed E-state index contributed by atoms with van der Waals surface area (Å²) < 4.78 is 2.03. The van der Waals surface area contributed by atoms with Crippen molar-refractivity contribution >= 4 is 10.9 Å². The molecule has 2 heterocycles. The Morgan fingerprint density at radius 1 is 0.923 bits per heavy atom. The van der Waals surface area contributed by atoms with E-state index in [4.69, 9.17) is 0 Å². The van der Waals surface area contributed by atoms with E-state index in [0.29, 0.717) is 5.92 Å². The standard InChI is InChI=1S/C23H32N2O/c1-18-16-23(26)25(15-14-24-12-6-3-7-13-24)22-17-20(10-11-21(18)22)19-8-4-2-5-9-19/h10-11,16-17,19H,2-9,12-15H2,1H3. The zero-order chi connectivity index (χ0) is 17.9. The predicted molar refractivity (Wildman–Crippen MR) is 109 cm³/mol. The molecule has 0 amide bonds. The van der Waals surface area contributed by atoms with Crippen LogP contribution >= 0.6 is 0 Å². The van der Waals surface area contributed by atoms with Gasteiger partial charge in [0.15, 0.2) is 0 Å². The average molecular weight is 353 g/mol. The molecule has 1 saturated heterocycles. The van der Waals surface area contributed by atoms with Crippen LogP contribution in [-0.2, 0) is 6.54 Å². The number of likely N-dealkylation sites (tertiary alicyclic amines) is 1. The maximum absolute atomic E-state index is 12.8. The molecule has 26 heavy (non-hydrogen) atoms. The summed E-state index contributed by atoms with van der Waals surface area (Å²) in [6.07, 6.45) is 10.6. The smallest absolute Gasteiger partial charge is 0.251 e. The highest BCUT2D eigenvalue weighted by molar-refractivity contribution is 5.83. The molecule has 3 heteroatoms. The number of rotatable bonds is 4. The van der Waals surface area contributed by atoms with Gasteiger partial charge in [-0.3, -0.25) is 4.79 Å². The van der Waals surface area contributed by atoms with Crippen molar-refractivity contribution in [3.05, 3.63) is 45.7 Å². The van der Waals surface area contributed by atoms with Gasteiger partial charge in [-0.2, -0.15) is 0 Å². The Balaban J connectivity index is 1.66. The monoisotopic (exact) mass is 352 g/mol. The summed E-state index contributed by atoms with van der Waals surface area (Å²) in [6.45, 7) is 6.24. The van der Waals surface area contributed by atoms with Crippen molar-refractivity contribution < 1.29 is 0 Å². The Bertz CT molecular complexity index is 811. The van der Waals surface area contributed by atoms with Crippen LogP contribution in [0.1, 0.15) is 68.4 Å². The fraction of sp³-hybridized carbons (Fsp3) is 0.609. The number of hydrogen-bond acceptors (Lipinski definition) is 2. The molecule has 2 fully saturated rings. The quantitative estimate of drug-likeness (QED) is 0.786. The van der Waals surface area contributed by atoms with Crippen molar-refractivity contribution in [1.29, 1.82) is 0 Å². The molecule has 3 nitrogen and oxygen atoms in total. The number of piperidine rings is 1. The number of nitrogens with zero attached hydrogens (tertiary/aromatic N) is 2. The molecule has 1 saturated carbocycles. The first-order valence-electron chi connectivity index (χ1n) is 10.6. The van der Waals surface area contributed by atoms with Crippen molar-refractivity contribution in [2.75, 3.05) is 19.6 Å². The van der Waals surface area contributed by atoms with Gasteiger partial charge in [-0.05, 0) is 68.8 Å². The SMILES string of the molecule is Cc1cc(=O)n(CCN2CCCCC2)c2cc(C3CCCCC3)ccc12. The predicted octanol–water partition coefficient (Wildman–Crippen LogP) is 4.84. The van der Waals surface area contributed by atoms with Gasteiger partial charge in [0.1, 0.15) is 0 Å². The number of benzene rings is 1. The first-order chi connectivity index (χ1) is 12.7. The third kappa shape index (κ3) is 3.73. The molecule has 0 spiro atoms. The lowest BCUT2D eigenvalue weighted by Gasteiger charge is -2.27. The summed E-state index contributed by atoms with van der Waals surface area (Å²) >= 11 is 0. The first-order valence-corrected chi connectivity index (χ1v) is 10.6. The van der Waals surface area contributed by atoms with Gasteiger partial charge in [-0.25, -0.2) is 0 Å². The maximum Gasteiger partial charge on any atom is 0.251 e. The van der Waals surface area contributed by atoms with E-state index in [-0.39, 0.29) is 5.56 Å². The minimum atomic E-state index is 0.160. The third-order valence-corrected chi connectivity index (χ3v) is 6.51. The average Bonchev–Trinajstić information content (AvgIpc) is 2.69. The molecule has 0 bridgehead atoms. The van der Waals surface area contributed by atoms with Crippen LogP contribution in [-0.4, -0.2) is 29.1 Å². The van der Waals surface area contributed by atoms with Gasteiger partial charge < -0.3 is 9.47 Å². The molecule has 0 unspecified atom stereocenters. The molecule has 4 rings (SSSR count). The Kier molecular flexibility index (Phi) is 5.44. The molecule has 0 N–H and O–H groups in total. The topological polar surface area (TPSA) is 25.2 Å². The Hall–Kier alpha value is -1.61. The van der Waals surface area contributed by atoms with Gasteiger partial charge in [-0.15, -0.1) is 0 Å². The van der Waals surface area contributed by atoms with Gasteiger partial charge in [-0.1, -0.05) is 37.8 Å². The molecule has 2 aromatic rings. The number of fused-ring (bicyclic) bond motifs is 1. The fourth-order valence-corrected chi connectivity index (χ4v) is 4.91. The number of hydrogen-bond donors (Lipinski definition) is 0. The zero-order valence-electron chi connectivity index (χ0n) is 16.2. The minimum Gasteiger partial charge on any atom is -0.307 e. The van der Waals surface area contributed by atoms with Gasteiger partial charge in [0.05, 0.1) is 5.52 Å². The van der Waals surface area contributed by atoms with Crippen molar-refractivity contribution in [1.82, 2.24) is 9.47 Å². The maximum atomic E-state index is 12.8. The molecular weight excluding hydrogens is 320 g/mol. The summed E-state index contributed by atoms with van der Waals surface area (Å²) in [7, 11) is 0. The number of aromatic nitrogens is 1. The summed E-state index contributed by atoms with van der Waals surface area (Å²) in [6, 6.07) is 8.71. The zero-order valence-corrected chi connectivity index (χ0v) is 16.2. The normalized spacial score (nSPS) is 19.9. The van der Waals surface area contributed by atoms with Crippen LogP contribution < -0.4 is 5.56 Å². The lowest BCUT2D eigenvalue weighted by atomic mass is 9.83. The van der Waals surface area contributed by atoms with E-state index in [1.54, 1.807) is 0 Å². The molecule has 1 aliphatic heterocycles. The largest absolute Gasteiger partial charge is 0.307 e. The summed E-state index contributed by atoms with van der Waals surface area (Å²) in [5.41, 5.74) is 3.85. The van der Waals surface area contributed by atoms with Crippen LogP contribution in [0.3, 0.4) is 0 Å². The van der Waals surface area contributed by atoms with Crippen LogP contribution in [0.5, 0.6) is 0 Å². The second kappa shape index (κ2) is 7.96. The second-order valence-corrected chi connectivity index (χ2v) is 8.33. The summed E-state index contributed by atoms with van der Waals surface area (Å²) in [5.74, 6) is 0.680. The van der Waals surface area contributed by atoms with Crippen LogP contribution in [0.15, 0.2) is 29.1 Å². The van der Waals surface area contributed by atoms with Gasteiger partial charge in [0.2, 0.25) is 0 Å². The van der Waals surface area contributed by atoms with E-state index >= 15 is 0 Å². The molecule has 140 valence electrons. The van der Waals surface area contributed by atoms with E-state index in [1.807, 2.05) is 10.6 Å². The molecular formula is C23H32N2O. The highest BCUT2D eigenvalue weighted by atomic mass is 16.1. The van der Waals surface area contributed by atoms with Crippen LogP contribution in [0, 0.1) is 6.92 Å². The van der Waals surface area contributed by atoms with Crippen LogP contribution in [0.25, 0.3) is 10.9 Å². The highest BCUT2D eigenvalue weighted by Crippen LogP contribution is 2.34. The number of pyridine rings is 1.